The molecule has 1 N–H and O–H groups in total. The quantitative estimate of drug-likeness (QED) is 0.834. The first kappa shape index (κ1) is 14.5. The molecule has 2 heteroatoms. The van der Waals surface area contributed by atoms with Crippen molar-refractivity contribution in [3.63, 3.8) is 0 Å². The van der Waals surface area contributed by atoms with E-state index >= 15 is 0 Å². The molecule has 3 rings (SSSR count). The molecule has 0 aromatic heterocycles. The van der Waals surface area contributed by atoms with Gasteiger partial charge in [0.25, 0.3) is 0 Å². The summed E-state index contributed by atoms with van der Waals surface area (Å²) in [5, 5.41) is 4.70. The Morgan fingerprint density at radius 2 is 2.20 bits per heavy atom. The summed E-state index contributed by atoms with van der Waals surface area (Å²) in [7, 11) is 0. The van der Waals surface area contributed by atoms with Crippen molar-refractivity contribution in [1.82, 2.24) is 5.32 Å². The molecular weight excluding hydrogens is 262 g/mol. The maximum atomic E-state index is 3.85. The predicted molar refractivity (Wildman–Crippen MR) is 89.7 cm³/mol. The molecule has 1 saturated heterocycles. The first-order chi connectivity index (χ1) is 9.88. The Hall–Kier alpha value is -0.470. The molecule has 0 spiro atoms. The maximum Gasteiger partial charge on any atom is 0.0201 e. The van der Waals surface area contributed by atoms with Gasteiger partial charge in [0.1, 0.15) is 0 Å². The Labute approximate surface area is 127 Å². The summed E-state index contributed by atoms with van der Waals surface area (Å²) in [5.74, 6) is 2.18. The van der Waals surface area contributed by atoms with Gasteiger partial charge in [0.15, 0.2) is 0 Å². The number of nitrogens with one attached hydrogen (secondary N) is 1. The van der Waals surface area contributed by atoms with Gasteiger partial charge in [-0.25, -0.2) is 0 Å². The summed E-state index contributed by atoms with van der Waals surface area (Å²) in [5.41, 5.74) is 3.21. The molecule has 3 unspecified atom stereocenters. The van der Waals surface area contributed by atoms with Gasteiger partial charge in [-0.1, -0.05) is 37.6 Å². The summed E-state index contributed by atoms with van der Waals surface area (Å²) in [6, 6.07) is 9.75. The lowest BCUT2D eigenvalue weighted by atomic mass is 9.74. The van der Waals surface area contributed by atoms with E-state index in [0.29, 0.717) is 0 Å². The van der Waals surface area contributed by atoms with E-state index in [-0.39, 0.29) is 0 Å². The summed E-state index contributed by atoms with van der Waals surface area (Å²) in [6.45, 7) is 3.45. The number of hydrogen-bond donors (Lipinski definition) is 1. The second kappa shape index (κ2) is 7.00. The maximum absolute atomic E-state index is 3.85. The Kier molecular flexibility index (Phi) is 5.06. The first-order valence-corrected chi connectivity index (χ1v) is 9.36. The third-order valence-corrected chi connectivity index (χ3v) is 6.34. The Morgan fingerprint density at radius 3 is 2.95 bits per heavy atom. The van der Waals surface area contributed by atoms with Crippen LogP contribution in [-0.2, 0) is 6.42 Å². The smallest absolute Gasteiger partial charge is 0.0201 e. The lowest BCUT2D eigenvalue weighted by molar-refractivity contribution is 0.392. The average molecular weight is 289 g/mol. The van der Waals surface area contributed by atoms with E-state index in [1.165, 1.54) is 50.8 Å². The molecule has 1 aromatic carbocycles. The van der Waals surface area contributed by atoms with Crippen LogP contribution in [0.25, 0.3) is 0 Å². The molecule has 110 valence electrons. The van der Waals surface area contributed by atoms with Gasteiger partial charge in [0.05, 0.1) is 0 Å². The Bertz CT molecular complexity index is 425. The van der Waals surface area contributed by atoms with Gasteiger partial charge < -0.3 is 5.32 Å². The first-order valence-electron chi connectivity index (χ1n) is 8.31. The largest absolute Gasteiger partial charge is 0.313 e. The highest BCUT2D eigenvalue weighted by atomic mass is 32.2. The molecule has 0 saturated carbocycles. The average Bonchev–Trinajstić information content (AvgIpc) is 2.49. The van der Waals surface area contributed by atoms with Gasteiger partial charge in [-0.15, -0.1) is 0 Å². The molecule has 1 nitrogen and oxygen atoms in total. The highest BCUT2D eigenvalue weighted by Crippen LogP contribution is 2.40. The van der Waals surface area contributed by atoms with Crippen molar-refractivity contribution in [2.75, 3.05) is 12.3 Å². The van der Waals surface area contributed by atoms with Crippen LogP contribution in [0.3, 0.4) is 0 Å². The third kappa shape index (κ3) is 3.23. The fraction of sp³-hybridized carbons (Fsp3) is 0.667. The van der Waals surface area contributed by atoms with Crippen molar-refractivity contribution in [3.05, 3.63) is 35.4 Å². The normalized spacial score (nSPS) is 26.6. The molecule has 1 aliphatic heterocycles. The Morgan fingerprint density at radius 1 is 1.30 bits per heavy atom. The minimum Gasteiger partial charge on any atom is -0.313 e. The second-order valence-electron chi connectivity index (χ2n) is 6.30. The van der Waals surface area contributed by atoms with Crippen LogP contribution in [0, 0.1) is 0 Å². The standard InChI is InChI=1S/C18H27NS/c1-2-10-19-17(18-9-5-6-11-20-18)13-15-12-14-7-3-4-8-16(14)15/h3-4,7-8,15,17-19H,2,5-6,9-13H2,1H3. The number of rotatable bonds is 6. The van der Waals surface area contributed by atoms with Crippen molar-refractivity contribution in [2.45, 2.75) is 62.7 Å². The van der Waals surface area contributed by atoms with Crippen LogP contribution in [0.4, 0.5) is 0 Å². The van der Waals surface area contributed by atoms with Crippen LogP contribution in [0.2, 0.25) is 0 Å². The number of fused-ring (bicyclic) bond motifs is 1. The van der Waals surface area contributed by atoms with Gasteiger partial charge in [0, 0.05) is 11.3 Å². The molecule has 1 fully saturated rings. The highest BCUT2D eigenvalue weighted by Gasteiger charge is 2.31. The monoisotopic (exact) mass is 289 g/mol. The molecule has 1 heterocycles. The van der Waals surface area contributed by atoms with E-state index < -0.39 is 0 Å². The van der Waals surface area contributed by atoms with Crippen LogP contribution in [0.15, 0.2) is 24.3 Å². The van der Waals surface area contributed by atoms with Crippen molar-refractivity contribution in [2.24, 2.45) is 0 Å². The van der Waals surface area contributed by atoms with E-state index in [1.54, 1.807) is 11.1 Å². The zero-order chi connectivity index (χ0) is 13.8. The van der Waals surface area contributed by atoms with Crippen LogP contribution in [-0.4, -0.2) is 23.6 Å². The zero-order valence-electron chi connectivity index (χ0n) is 12.6. The van der Waals surface area contributed by atoms with Gasteiger partial charge in [-0.3, -0.25) is 0 Å². The van der Waals surface area contributed by atoms with E-state index in [4.69, 9.17) is 0 Å². The van der Waals surface area contributed by atoms with E-state index in [2.05, 4.69) is 48.3 Å². The minimum atomic E-state index is 0.721. The second-order valence-corrected chi connectivity index (χ2v) is 7.65. The molecule has 1 aromatic rings. The number of benzene rings is 1. The molecule has 0 radical (unpaired) electrons. The van der Waals surface area contributed by atoms with Crippen LogP contribution in [0.5, 0.6) is 0 Å². The molecular formula is C18H27NS. The molecule has 2 aliphatic rings. The summed E-state index contributed by atoms with van der Waals surface area (Å²) in [4.78, 5) is 0. The zero-order valence-corrected chi connectivity index (χ0v) is 13.4. The lowest BCUT2D eigenvalue weighted by Gasteiger charge is -2.37. The van der Waals surface area contributed by atoms with E-state index in [9.17, 15) is 0 Å². The predicted octanol–water partition coefficient (Wildman–Crippen LogP) is 4.37. The van der Waals surface area contributed by atoms with Crippen molar-refractivity contribution in [1.29, 1.82) is 0 Å². The Balaban J connectivity index is 1.61. The van der Waals surface area contributed by atoms with Crippen molar-refractivity contribution < 1.29 is 0 Å². The topological polar surface area (TPSA) is 12.0 Å². The summed E-state index contributed by atoms with van der Waals surface area (Å²) < 4.78 is 0. The van der Waals surface area contributed by atoms with Gasteiger partial charge in [0.2, 0.25) is 0 Å². The van der Waals surface area contributed by atoms with E-state index in [1.807, 2.05) is 0 Å². The fourth-order valence-corrected chi connectivity index (χ4v) is 5.11. The number of hydrogen-bond acceptors (Lipinski definition) is 2. The SMILES string of the molecule is CCCNC(CC1Cc2ccccc21)C1CCCCS1. The number of thioether (sulfide) groups is 1. The molecule has 3 atom stereocenters. The molecule has 1 aliphatic carbocycles. The van der Waals surface area contributed by atoms with Gasteiger partial charge >= 0.3 is 0 Å². The summed E-state index contributed by atoms with van der Waals surface area (Å²) >= 11 is 2.22. The van der Waals surface area contributed by atoms with E-state index in [0.717, 1.165) is 17.2 Å². The highest BCUT2D eigenvalue weighted by molar-refractivity contribution is 8.00. The fourth-order valence-electron chi connectivity index (χ4n) is 3.66. The van der Waals surface area contributed by atoms with Gasteiger partial charge in [-0.2, -0.15) is 11.8 Å². The van der Waals surface area contributed by atoms with Crippen molar-refractivity contribution in [3.8, 4) is 0 Å². The van der Waals surface area contributed by atoms with Crippen LogP contribution < -0.4 is 5.32 Å². The molecule has 0 amide bonds. The van der Waals surface area contributed by atoms with Gasteiger partial charge in [-0.05, 0) is 61.4 Å². The minimum absolute atomic E-state index is 0.721. The summed E-state index contributed by atoms with van der Waals surface area (Å²) in [6.07, 6.45) is 8.17. The lowest BCUT2D eigenvalue weighted by Crippen LogP contribution is -2.42. The van der Waals surface area contributed by atoms with Crippen LogP contribution >= 0.6 is 11.8 Å². The third-order valence-electron chi connectivity index (χ3n) is 4.82. The van der Waals surface area contributed by atoms with Crippen LogP contribution in [0.1, 0.15) is 56.1 Å². The molecule has 20 heavy (non-hydrogen) atoms. The van der Waals surface area contributed by atoms with Crippen molar-refractivity contribution >= 4 is 11.8 Å². The molecule has 0 bridgehead atoms.